The van der Waals surface area contributed by atoms with Gasteiger partial charge in [-0.25, -0.2) is 13.1 Å². The summed E-state index contributed by atoms with van der Waals surface area (Å²) >= 11 is 0. The van der Waals surface area contributed by atoms with Crippen molar-refractivity contribution in [2.24, 2.45) is 0 Å². The number of anilines is 1. The van der Waals surface area contributed by atoms with Crippen LogP contribution in [0.25, 0.3) is 0 Å². The molecule has 0 aromatic heterocycles. The maximum absolute atomic E-state index is 12.3. The molecule has 1 amide bonds. The van der Waals surface area contributed by atoms with E-state index in [1.54, 1.807) is 6.92 Å². The molecule has 28 heavy (non-hydrogen) atoms. The van der Waals surface area contributed by atoms with Crippen molar-refractivity contribution in [1.82, 2.24) is 4.72 Å². The normalized spacial score (nSPS) is 12.4. The van der Waals surface area contributed by atoms with Gasteiger partial charge < -0.3 is 10.1 Å². The van der Waals surface area contributed by atoms with Gasteiger partial charge in [0, 0.05) is 12.2 Å². The highest BCUT2D eigenvalue weighted by atomic mass is 32.2. The predicted molar refractivity (Wildman–Crippen MR) is 111 cm³/mol. The average Bonchev–Trinajstić information content (AvgIpc) is 2.67. The number of sulfonamides is 1. The van der Waals surface area contributed by atoms with E-state index in [2.05, 4.69) is 30.5 Å². The van der Waals surface area contributed by atoms with Crippen LogP contribution in [0, 0.1) is 0 Å². The van der Waals surface area contributed by atoms with E-state index in [0.29, 0.717) is 17.4 Å². The van der Waals surface area contributed by atoms with E-state index < -0.39 is 16.1 Å². The van der Waals surface area contributed by atoms with Gasteiger partial charge in [0.2, 0.25) is 10.0 Å². The third kappa shape index (κ3) is 5.94. The maximum atomic E-state index is 12.3. The highest BCUT2D eigenvalue weighted by molar-refractivity contribution is 7.89. The fraction of sp³-hybridized carbons (Fsp3) is 0.286. The van der Waals surface area contributed by atoms with Crippen LogP contribution in [-0.4, -0.2) is 27.0 Å². The molecule has 0 heterocycles. The molecular formula is C21H26N2O4S. The average molecular weight is 403 g/mol. The van der Waals surface area contributed by atoms with Crippen LogP contribution in [0.1, 0.15) is 32.3 Å². The second-order valence-electron chi connectivity index (χ2n) is 6.64. The van der Waals surface area contributed by atoms with Crippen LogP contribution in [0.3, 0.4) is 0 Å². The summed E-state index contributed by atoms with van der Waals surface area (Å²) in [7, 11) is -3.59. The fourth-order valence-corrected chi connectivity index (χ4v) is 3.40. The minimum Gasteiger partial charge on any atom is -0.481 e. The number of carbonyl (C=O) groups excluding carboxylic acids is 1. The first kappa shape index (κ1) is 21.7. The van der Waals surface area contributed by atoms with Crippen molar-refractivity contribution >= 4 is 21.6 Å². The van der Waals surface area contributed by atoms with E-state index >= 15 is 0 Å². The van der Waals surface area contributed by atoms with Crippen molar-refractivity contribution in [3.8, 4) is 5.75 Å². The number of benzene rings is 2. The van der Waals surface area contributed by atoms with Gasteiger partial charge in [-0.1, -0.05) is 32.1 Å². The zero-order valence-corrected chi connectivity index (χ0v) is 17.1. The first-order chi connectivity index (χ1) is 13.2. The summed E-state index contributed by atoms with van der Waals surface area (Å²) in [5.74, 6) is 0.712. The van der Waals surface area contributed by atoms with Crippen LogP contribution in [-0.2, 0) is 14.8 Å². The van der Waals surface area contributed by atoms with E-state index in [0.717, 1.165) is 0 Å². The molecule has 150 valence electrons. The fourth-order valence-electron chi connectivity index (χ4n) is 2.40. The molecule has 0 fully saturated rings. The third-order valence-electron chi connectivity index (χ3n) is 4.08. The molecule has 0 aliphatic rings. The van der Waals surface area contributed by atoms with Crippen molar-refractivity contribution in [2.45, 2.75) is 37.7 Å². The highest BCUT2D eigenvalue weighted by Gasteiger charge is 2.16. The zero-order chi connectivity index (χ0) is 20.7. The molecule has 2 aromatic rings. The van der Waals surface area contributed by atoms with Gasteiger partial charge in [-0.3, -0.25) is 4.79 Å². The minimum atomic E-state index is -3.59. The number of rotatable bonds is 9. The van der Waals surface area contributed by atoms with Gasteiger partial charge in [0.05, 0.1) is 4.90 Å². The van der Waals surface area contributed by atoms with Gasteiger partial charge in [0.25, 0.3) is 5.91 Å². The predicted octanol–water partition coefficient (Wildman–Crippen LogP) is 3.68. The molecule has 0 unspecified atom stereocenters. The van der Waals surface area contributed by atoms with Gasteiger partial charge in [-0.05, 0) is 54.8 Å². The Hall–Kier alpha value is -2.64. The molecule has 0 saturated carbocycles. The molecule has 2 aromatic carbocycles. The van der Waals surface area contributed by atoms with Crippen LogP contribution in [0.5, 0.6) is 5.75 Å². The van der Waals surface area contributed by atoms with Gasteiger partial charge in [0.1, 0.15) is 5.75 Å². The molecule has 0 aliphatic heterocycles. The molecule has 1 atom stereocenters. The van der Waals surface area contributed by atoms with Crippen LogP contribution in [0.15, 0.2) is 66.1 Å². The Bertz CT molecular complexity index is 904. The van der Waals surface area contributed by atoms with E-state index in [-0.39, 0.29) is 17.3 Å². The maximum Gasteiger partial charge on any atom is 0.265 e. The van der Waals surface area contributed by atoms with Crippen molar-refractivity contribution in [2.75, 3.05) is 11.9 Å². The Kier molecular flexibility index (Phi) is 7.37. The highest BCUT2D eigenvalue weighted by Crippen LogP contribution is 2.20. The van der Waals surface area contributed by atoms with Crippen LogP contribution < -0.4 is 14.8 Å². The van der Waals surface area contributed by atoms with Crippen molar-refractivity contribution in [1.29, 1.82) is 0 Å². The third-order valence-corrected chi connectivity index (χ3v) is 5.52. The molecule has 0 aliphatic carbocycles. The van der Waals surface area contributed by atoms with E-state index in [1.165, 1.54) is 35.9 Å². The lowest BCUT2D eigenvalue weighted by Crippen LogP contribution is -2.30. The molecule has 2 N–H and O–H groups in total. The lowest BCUT2D eigenvalue weighted by Gasteiger charge is -2.15. The largest absolute Gasteiger partial charge is 0.481 e. The number of carbonyl (C=O) groups is 1. The molecule has 2 rings (SSSR count). The summed E-state index contributed by atoms with van der Waals surface area (Å²) in [5.41, 5.74) is 1.68. The zero-order valence-electron chi connectivity index (χ0n) is 16.3. The molecule has 0 saturated heterocycles. The Morgan fingerprint density at radius 2 is 1.68 bits per heavy atom. The van der Waals surface area contributed by atoms with Crippen molar-refractivity contribution in [3.05, 3.63) is 66.7 Å². The summed E-state index contributed by atoms with van der Waals surface area (Å²) in [5, 5.41) is 2.72. The first-order valence-electron chi connectivity index (χ1n) is 9.01. The topological polar surface area (TPSA) is 84.5 Å². The minimum absolute atomic E-state index is 0.113. The smallest absolute Gasteiger partial charge is 0.265 e. The number of hydrogen-bond donors (Lipinski definition) is 2. The number of amides is 1. The summed E-state index contributed by atoms with van der Waals surface area (Å²) in [4.78, 5) is 12.5. The van der Waals surface area contributed by atoms with E-state index in [9.17, 15) is 13.2 Å². The quantitative estimate of drug-likeness (QED) is 0.627. The second-order valence-corrected chi connectivity index (χ2v) is 8.40. The number of nitrogens with one attached hydrogen (secondary N) is 2. The number of ether oxygens (including phenoxy) is 1. The second kappa shape index (κ2) is 9.52. The van der Waals surface area contributed by atoms with Gasteiger partial charge >= 0.3 is 0 Å². The summed E-state index contributed by atoms with van der Waals surface area (Å²) in [6.45, 7) is 9.50. The first-order valence-corrected chi connectivity index (χ1v) is 10.5. The van der Waals surface area contributed by atoms with Crippen molar-refractivity contribution in [3.63, 3.8) is 0 Å². The Labute approximate surface area is 166 Å². The van der Waals surface area contributed by atoms with Crippen LogP contribution >= 0.6 is 0 Å². The standard InChI is InChI=1S/C21H26N2O4S/c1-5-14-22-28(25,26)20-12-8-18(9-13-20)23-21(24)16(4)27-19-10-6-17(7-11-19)15(2)3/h5-13,15-16,22H,1,14H2,2-4H3,(H,23,24)/t16-/m1/s1. The Morgan fingerprint density at radius 3 is 2.21 bits per heavy atom. The monoisotopic (exact) mass is 402 g/mol. The van der Waals surface area contributed by atoms with Gasteiger partial charge in [0.15, 0.2) is 6.10 Å². The van der Waals surface area contributed by atoms with E-state index in [1.807, 2.05) is 24.3 Å². The Balaban J connectivity index is 1.97. The van der Waals surface area contributed by atoms with Crippen LogP contribution in [0.4, 0.5) is 5.69 Å². The molecule has 0 bridgehead atoms. The summed E-state index contributed by atoms with van der Waals surface area (Å²) in [6.07, 6.45) is 0.756. The number of hydrogen-bond acceptors (Lipinski definition) is 4. The van der Waals surface area contributed by atoms with Gasteiger partial charge in [-0.15, -0.1) is 6.58 Å². The van der Waals surface area contributed by atoms with Crippen LogP contribution in [0.2, 0.25) is 0 Å². The lowest BCUT2D eigenvalue weighted by atomic mass is 10.0. The lowest BCUT2D eigenvalue weighted by molar-refractivity contribution is -0.122. The molecule has 0 radical (unpaired) electrons. The van der Waals surface area contributed by atoms with E-state index in [4.69, 9.17) is 4.74 Å². The summed E-state index contributed by atoms with van der Waals surface area (Å²) < 4.78 is 32.1. The Morgan fingerprint density at radius 1 is 1.07 bits per heavy atom. The SMILES string of the molecule is C=CCNS(=O)(=O)c1ccc(NC(=O)[C@@H](C)Oc2ccc(C(C)C)cc2)cc1. The molecular weight excluding hydrogens is 376 g/mol. The molecule has 6 nitrogen and oxygen atoms in total. The summed E-state index contributed by atoms with van der Waals surface area (Å²) in [6, 6.07) is 13.6. The van der Waals surface area contributed by atoms with Crippen molar-refractivity contribution < 1.29 is 17.9 Å². The van der Waals surface area contributed by atoms with Gasteiger partial charge in [-0.2, -0.15) is 0 Å². The molecule has 0 spiro atoms. The molecule has 7 heteroatoms.